The number of fused-ring (bicyclic) bond motifs is 2. The Balaban J connectivity index is 1.94. The van der Waals surface area contributed by atoms with E-state index in [9.17, 15) is 0 Å². The molecule has 2 saturated carbocycles. The number of rotatable bonds is 4. The van der Waals surface area contributed by atoms with Crippen LogP contribution in [0, 0.1) is 16.7 Å². The lowest BCUT2D eigenvalue weighted by atomic mass is 9.70. The molecule has 0 N–H and O–H groups in total. The highest BCUT2D eigenvalue weighted by molar-refractivity contribution is 5.11. The van der Waals surface area contributed by atoms with Gasteiger partial charge in [0.25, 0.3) is 0 Å². The third-order valence-electron chi connectivity index (χ3n) is 5.57. The summed E-state index contributed by atoms with van der Waals surface area (Å²) in [4.78, 5) is 2.20. The normalized spacial score (nSPS) is 40.9. The Morgan fingerprint density at radius 2 is 1.94 bits per heavy atom. The third-order valence-corrected chi connectivity index (χ3v) is 5.57. The van der Waals surface area contributed by atoms with Crippen molar-refractivity contribution in [2.45, 2.75) is 46.1 Å². The molecule has 2 rings (SSSR count). The van der Waals surface area contributed by atoms with E-state index < -0.39 is 0 Å². The van der Waals surface area contributed by atoms with E-state index in [0.717, 1.165) is 19.1 Å². The van der Waals surface area contributed by atoms with Crippen molar-refractivity contribution < 1.29 is 4.74 Å². The topological polar surface area (TPSA) is 12.5 Å². The minimum absolute atomic E-state index is 0.421. The molecule has 0 aromatic carbocycles. The molecular formula is C14H27NO. The number of nitrogens with zero attached hydrogens (tertiary/aromatic N) is 1. The molecule has 0 heterocycles. The van der Waals surface area contributed by atoms with Gasteiger partial charge in [-0.25, -0.2) is 0 Å². The van der Waals surface area contributed by atoms with E-state index >= 15 is 0 Å². The molecule has 94 valence electrons. The van der Waals surface area contributed by atoms with Crippen molar-refractivity contribution in [1.29, 1.82) is 0 Å². The highest BCUT2D eigenvalue weighted by Gasteiger charge is 2.61. The first-order chi connectivity index (χ1) is 7.38. The van der Waals surface area contributed by atoms with Gasteiger partial charge in [0, 0.05) is 6.54 Å². The fourth-order valence-electron chi connectivity index (χ4n) is 3.76. The molecule has 2 aliphatic carbocycles. The highest BCUT2D eigenvalue weighted by Crippen LogP contribution is 2.66. The lowest BCUT2D eigenvalue weighted by molar-refractivity contribution is -0.0495. The maximum Gasteiger partial charge on any atom is 0.0637 e. The zero-order valence-corrected chi connectivity index (χ0v) is 11.5. The maximum atomic E-state index is 6.14. The van der Waals surface area contributed by atoms with Gasteiger partial charge in [-0.1, -0.05) is 20.8 Å². The van der Waals surface area contributed by atoms with Crippen LogP contribution in [0.5, 0.6) is 0 Å². The van der Waals surface area contributed by atoms with Gasteiger partial charge in [0.05, 0.1) is 12.7 Å². The molecule has 0 spiro atoms. The Morgan fingerprint density at radius 1 is 1.25 bits per heavy atom. The van der Waals surface area contributed by atoms with Gasteiger partial charge in [-0.05, 0) is 50.1 Å². The van der Waals surface area contributed by atoms with Gasteiger partial charge < -0.3 is 9.64 Å². The standard InChI is InChI=1S/C14H27NO/c1-13(2)11-6-7-14(13,3)12(10-11)16-9-8-15(4)5/h11-12H,6-10H2,1-5H3/t11-,12+,14+/m0/s1. The summed E-state index contributed by atoms with van der Waals surface area (Å²) < 4.78 is 6.14. The zero-order valence-electron chi connectivity index (χ0n) is 11.5. The third kappa shape index (κ3) is 1.70. The first kappa shape index (κ1) is 12.4. The number of hydrogen-bond donors (Lipinski definition) is 0. The Bertz CT molecular complexity index is 261. The number of ether oxygens (including phenoxy) is 1. The summed E-state index contributed by atoms with van der Waals surface area (Å²) in [5, 5.41) is 0. The van der Waals surface area contributed by atoms with Crippen molar-refractivity contribution in [3.8, 4) is 0 Å². The maximum absolute atomic E-state index is 6.14. The van der Waals surface area contributed by atoms with Crippen molar-refractivity contribution in [3.05, 3.63) is 0 Å². The second-order valence-electron chi connectivity index (χ2n) is 6.77. The minimum atomic E-state index is 0.421. The van der Waals surface area contributed by atoms with Crippen LogP contribution in [-0.2, 0) is 4.74 Å². The van der Waals surface area contributed by atoms with Crippen LogP contribution < -0.4 is 0 Å². The van der Waals surface area contributed by atoms with E-state index in [4.69, 9.17) is 4.74 Å². The molecule has 2 nitrogen and oxygen atoms in total. The first-order valence-corrected chi connectivity index (χ1v) is 6.64. The second-order valence-corrected chi connectivity index (χ2v) is 6.77. The van der Waals surface area contributed by atoms with Crippen LogP contribution in [0.3, 0.4) is 0 Å². The van der Waals surface area contributed by atoms with Gasteiger partial charge in [0.1, 0.15) is 0 Å². The quantitative estimate of drug-likeness (QED) is 0.729. The largest absolute Gasteiger partial charge is 0.376 e. The van der Waals surface area contributed by atoms with E-state index in [1.54, 1.807) is 0 Å². The van der Waals surface area contributed by atoms with Gasteiger partial charge in [0.15, 0.2) is 0 Å². The van der Waals surface area contributed by atoms with Gasteiger partial charge in [0.2, 0.25) is 0 Å². The SMILES string of the molecule is CN(C)CCO[C@@H]1C[C@@H]2CC[C@@]1(C)C2(C)C. The van der Waals surface area contributed by atoms with Crippen LogP contribution in [0.2, 0.25) is 0 Å². The van der Waals surface area contributed by atoms with Gasteiger partial charge >= 0.3 is 0 Å². The van der Waals surface area contributed by atoms with E-state index in [1.165, 1.54) is 19.3 Å². The minimum Gasteiger partial charge on any atom is -0.376 e. The molecule has 0 amide bonds. The zero-order chi connectivity index (χ0) is 12.0. The monoisotopic (exact) mass is 225 g/mol. The smallest absolute Gasteiger partial charge is 0.0637 e. The Kier molecular flexibility index (Phi) is 3.09. The molecule has 0 aliphatic heterocycles. The molecule has 0 aromatic rings. The molecule has 0 saturated heterocycles. The fraction of sp³-hybridized carbons (Fsp3) is 1.00. The summed E-state index contributed by atoms with van der Waals surface area (Å²) in [6.07, 6.45) is 4.56. The number of likely N-dealkylation sites (N-methyl/N-ethyl adjacent to an activating group) is 1. The first-order valence-electron chi connectivity index (χ1n) is 6.64. The van der Waals surface area contributed by atoms with E-state index in [2.05, 4.69) is 39.8 Å². The molecule has 0 unspecified atom stereocenters. The van der Waals surface area contributed by atoms with E-state index in [0.29, 0.717) is 16.9 Å². The van der Waals surface area contributed by atoms with Gasteiger partial charge in [-0.3, -0.25) is 0 Å². The molecule has 0 radical (unpaired) electrons. The van der Waals surface area contributed by atoms with Crippen LogP contribution in [0.4, 0.5) is 0 Å². The summed E-state index contributed by atoms with van der Waals surface area (Å²) in [6.45, 7) is 9.26. The van der Waals surface area contributed by atoms with E-state index in [1.807, 2.05) is 0 Å². The summed E-state index contributed by atoms with van der Waals surface area (Å²) in [5.74, 6) is 0.891. The van der Waals surface area contributed by atoms with E-state index in [-0.39, 0.29) is 0 Å². The van der Waals surface area contributed by atoms with Crippen molar-refractivity contribution in [2.75, 3.05) is 27.2 Å². The van der Waals surface area contributed by atoms with Crippen molar-refractivity contribution in [3.63, 3.8) is 0 Å². The number of hydrogen-bond acceptors (Lipinski definition) is 2. The molecule has 2 bridgehead atoms. The molecule has 2 aliphatic rings. The average molecular weight is 225 g/mol. The van der Waals surface area contributed by atoms with Crippen LogP contribution >= 0.6 is 0 Å². The van der Waals surface area contributed by atoms with Crippen molar-refractivity contribution >= 4 is 0 Å². The summed E-state index contributed by atoms with van der Waals surface area (Å²) in [6, 6.07) is 0. The molecule has 2 fully saturated rings. The van der Waals surface area contributed by atoms with Crippen LogP contribution in [0.15, 0.2) is 0 Å². The Morgan fingerprint density at radius 3 is 2.38 bits per heavy atom. The van der Waals surface area contributed by atoms with Gasteiger partial charge in [-0.2, -0.15) is 0 Å². The van der Waals surface area contributed by atoms with Crippen molar-refractivity contribution in [2.24, 2.45) is 16.7 Å². The fourth-order valence-corrected chi connectivity index (χ4v) is 3.76. The molecular weight excluding hydrogens is 198 g/mol. The highest BCUT2D eigenvalue weighted by atomic mass is 16.5. The van der Waals surface area contributed by atoms with Crippen molar-refractivity contribution in [1.82, 2.24) is 4.90 Å². The second kappa shape index (κ2) is 3.99. The Labute approximate surface area is 100 Å². The molecule has 3 atom stereocenters. The predicted molar refractivity (Wildman–Crippen MR) is 67.5 cm³/mol. The van der Waals surface area contributed by atoms with Crippen LogP contribution in [0.25, 0.3) is 0 Å². The summed E-state index contributed by atoms with van der Waals surface area (Å²) in [7, 11) is 4.21. The van der Waals surface area contributed by atoms with Crippen LogP contribution in [0.1, 0.15) is 40.0 Å². The lowest BCUT2D eigenvalue weighted by Crippen LogP contribution is -2.38. The van der Waals surface area contributed by atoms with Gasteiger partial charge in [-0.15, -0.1) is 0 Å². The lowest BCUT2D eigenvalue weighted by Gasteiger charge is -2.39. The molecule has 2 heteroatoms. The summed E-state index contributed by atoms with van der Waals surface area (Å²) >= 11 is 0. The summed E-state index contributed by atoms with van der Waals surface area (Å²) in [5.41, 5.74) is 0.903. The van der Waals surface area contributed by atoms with Crippen LogP contribution in [-0.4, -0.2) is 38.3 Å². The molecule has 16 heavy (non-hydrogen) atoms. The molecule has 0 aromatic heterocycles. The Hall–Kier alpha value is -0.0800. The average Bonchev–Trinajstić information content (AvgIpc) is 2.49. The predicted octanol–water partition coefficient (Wildman–Crippen LogP) is 2.78.